The van der Waals surface area contributed by atoms with Crippen molar-refractivity contribution in [2.45, 2.75) is 32.4 Å². The molecule has 6 nitrogen and oxygen atoms in total. The third kappa shape index (κ3) is 5.09. The molecule has 1 aliphatic heterocycles. The minimum Gasteiger partial charge on any atom is -0.331 e. The summed E-state index contributed by atoms with van der Waals surface area (Å²) in [5.74, 6) is 1.04. The van der Waals surface area contributed by atoms with E-state index in [1.54, 1.807) is 11.1 Å². The Morgan fingerprint density at radius 2 is 1.88 bits per heavy atom. The molecule has 0 radical (unpaired) electrons. The molecule has 0 aliphatic carbocycles. The zero-order chi connectivity index (χ0) is 22.9. The smallest absolute Gasteiger partial charge is 0.331 e. The van der Waals surface area contributed by atoms with Gasteiger partial charge in [-0.05, 0) is 50.4 Å². The van der Waals surface area contributed by atoms with E-state index in [-0.39, 0.29) is 18.4 Å². The number of halogens is 3. The van der Waals surface area contributed by atoms with Gasteiger partial charge in [0.1, 0.15) is 11.6 Å². The monoisotopic (exact) mass is 445 g/mol. The molecule has 3 aromatic rings. The van der Waals surface area contributed by atoms with Crippen molar-refractivity contribution in [3.05, 3.63) is 42.5 Å². The SMILES string of the molecule is Cc1ncc(-c2ccc3cnc(NC(=O)C4CCN(CCC(F)(F)F)CC4)cc3c2)n1C. The molecule has 1 amide bonds. The van der Waals surface area contributed by atoms with E-state index in [4.69, 9.17) is 0 Å². The van der Waals surface area contributed by atoms with Gasteiger partial charge in [-0.25, -0.2) is 9.97 Å². The minimum absolute atomic E-state index is 0.0113. The van der Waals surface area contributed by atoms with Crippen LogP contribution in [0.25, 0.3) is 22.0 Å². The number of fused-ring (bicyclic) bond motifs is 1. The van der Waals surface area contributed by atoms with Crippen LogP contribution in [0, 0.1) is 12.8 Å². The van der Waals surface area contributed by atoms with Crippen LogP contribution in [0.5, 0.6) is 0 Å². The number of aromatic nitrogens is 3. The van der Waals surface area contributed by atoms with Crippen LogP contribution in [0.3, 0.4) is 0 Å². The highest BCUT2D eigenvalue weighted by atomic mass is 19.4. The first-order chi connectivity index (χ1) is 15.2. The predicted octanol–water partition coefficient (Wildman–Crippen LogP) is 4.55. The second kappa shape index (κ2) is 8.90. The Morgan fingerprint density at radius 1 is 1.12 bits per heavy atom. The summed E-state index contributed by atoms with van der Waals surface area (Å²) >= 11 is 0. The number of carbonyl (C=O) groups excluding carboxylic acids is 1. The molecular formula is C23H26F3N5O. The second-order valence-electron chi connectivity index (χ2n) is 8.35. The van der Waals surface area contributed by atoms with Gasteiger partial charge < -0.3 is 14.8 Å². The van der Waals surface area contributed by atoms with E-state index in [2.05, 4.69) is 15.3 Å². The third-order valence-corrected chi connectivity index (χ3v) is 6.16. The summed E-state index contributed by atoms with van der Waals surface area (Å²) in [5.41, 5.74) is 2.03. The van der Waals surface area contributed by atoms with E-state index >= 15 is 0 Å². The molecule has 0 unspecified atom stereocenters. The zero-order valence-corrected chi connectivity index (χ0v) is 18.1. The van der Waals surface area contributed by atoms with Gasteiger partial charge in [0.15, 0.2) is 0 Å². The van der Waals surface area contributed by atoms with Crippen LogP contribution >= 0.6 is 0 Å². The normalized spacial score (nSPS) is 15.9. The average molecular weight is 445 g/mol. The number of hydrogen-bond donors (Lipinski definition) is 1. The number of hydrogen-bond acceptors (Lipinski definition) is 4. The van der Waals surface area contributed by atoms with Crippen LogP contribution in [0.4, 0.5) is 19.0 Å². The van der Waals surface area contributed by atoms with Gasteiger partial charge in [0, 0.05) is 36.7 Å². The minimum atomic E-state index is -4.15. The maximum atomic E-state index is 12.7. The number of carbonyl (C=O) groups is 1. The molecular weight excluding hydrogens is 419 g/mol. The van der Waals surface area contributed by atoms with E-state index in [1.807, 2.05) is 49.0 Å². The number of alkyl halides is 3. The van der Waals surface area contributed by atoms with Gasteiger partial charge in [0.25, 0.3) is 0 Å². The summed E-state index contributed by atoms with van der Waals surface area (Å²) in [6.45, 7) is 2.92. The molecule has 0 saturated carbocycles. The highest BCUT2D eigenvalue weighted by Gasteiger charge is 2.30. The van der Waals surface area contributed by atoms with Gasteiger partial charge in [-0.2, -0.15) is 13.2 Å². The van der Waals surface area contributed by atoms with Gasteiger partial charge in [0.2, 0.25) is 5.91 Å². The molecule has 1 N–H and O–H groups in total. The predicted molar refractivity (Wildman–Crippen MR) is 117 cm³/mol. The number of piperidine rings is 1. The number of benzene rings is 1. The Labute approximate surface area is 184 Å². The van der Waals surface area contributed by atoms with Crippen LogP contribution < -0.4 is 5.32 Å². The lowest BCUT2D eigenvalue weighted by Crippen LogP contribution is -2.39. The molecule has 1 aromatic carbocycles. The topological polar surface area (TPSA) is 63.1 Å². The van der Waals surface area contributed by atoms with Crippen molar-refractivity contribution in [1.82, 2.24) is 19.4 Å². The number of likely N-dealkylation sites (tertiary alicyclic amines) is 1. The number of nitrogens with zero attached hydrogens (tertiary/aromatic N) is 4. The average Bonchev–Trinajstić information content (AvgIpc) is 3.10. The quantitative estimate of drug-likeness (QED) is 0.626. The van der Waals surface area contributed by atoms with Gasteiger partial charge >= 0.3 is 6.18 Å². The molecule has 0 spiro atoms. The van der Waals surface area contributed by atoms with Gasteiger partial charge in [-0.3, -0.25) is 4.79 Å². The van der Waals surface area contributed by atoms with Crippen LogP contribution in [-0.4, -0.2) is 51.2 Å². The van der Waals surface area contributed by atoms with Crippen molar-refractivity contribution in [2.75, 3.05) is 25.0 Å². The summed E-state index contributed by atoms with van der Waals surface area (Å²) in [4.78, 5) is 23.2. The van der Waals surface area contributed by atoms with Crippen LogP contribution in [0.15, 0.2) is 36.7 Å². The lowest BCUT2D eigenvalue weighted by Gasteiger charge is -2.31. The molecule has 32 heavy (non-hydrogen) atoms. The first-order valence-electron chi connectivity index (χ1n) is 10.7. The lowest BCUT2D eigenvalue weighted by molar-refractivity contribution is -0.139. The van der Waals surface area contributed by atoms with Crippen molar-refractivity contribution in [3.8, 4) is 11.3 Å². The zero-order valence-electron chi connectivity index (χ0n) is 18.1. The van der Waals surface area contributed by atoms with Gasteiger partial charge in [-0.1, -0.05) is 12.1 Å². The number of rotatable bonds is 5. The van der Waals surface area contributed by atoms with E-state index < -0.39 is 12.6 Å². The first kappa shape index (κ1) is 22.3. The van der Waals surface area contributed by atoms with Crippen LogP contribution in [-0.2, 0) is 11.8 Å². The molecule has 0 bridgehead atoms. The largest absolute Gasteiger partial charge is 0.390 e. The van der Waals surface area contributed by atoms with E-state index in [0.717, 1.165) is 27.9 Å². The number of amides is 1. The van der Waals surface area contributed by atoms with Crippen molar-refractivity contribution in [2.24, 2.45) is 13.0 Å². The molecule has 1 aliphatic rings. The van der Waals surface area contributed by atoms with Crippen molar-refractivity contribution in [3.63, 3.8) is 0 Å². The van der Waals surface area contributed by atoms with Crippen LogP contribution in [0.2, 0.25) is 0 Å². The molecule has 3 heterocycles. The Morgan fingerprint density at radius 3 is 2.53 bits per heavy atom. The Balaban J connectivity index is 1.41. The van der Waals surface area contributed by atoms with E-state index in [0.29, 0.717) is 31.7 Å². The number of nitrogens with one attached hydrogen (secondary N) is 1. The number of pyridine rings is 1. The standard InChI is InChI=1S/C23H26F3N5O/c1-15-27-14-20(30(15)2)17-3-4-18-13-28-21(12-19(18)11-17)29-22(32)16-5-8-31(9-6-16)10-7-23(24,25)26/h3-4,11-14,16H,5-10H2,1-2H3,(H,28,29,32). The molecule has 4 rings (SSSR count). The van der Waals surface area contributed by atoms with Crippen molar-refractivity contribution in [1.29, 1.82) is 0 Å². The summed E-state index contributed by atoms with van der Waals surface area (Å²) in [7, 11) is 1.97. The number of aryl methyl sites for hydroxylation is 1. The van der Waals surface area contributed by atoms with E-state index in [1.165, 1.54) is 0 Å². The number of anilines is 1. The summed E-state index contributed by atoms with van der Waals surface area (Å²) in [6.07, 6.45) is -0.316. The molecule has 9 heteroatoms. The van der Waals surface area contributed by atoms with Crippen molar-refractivity contribution >= 4 is 22.5 Å². The maximum Gasteiger partial charge on any atom is 0.390 e. The van der Waals surface area contributed by atoms with Gasteiger partial charge in [0.05, 0.1) is 18.3 Å². The Hall–Kier alpha value is -2.94. The fraction of sp³-hybridized carbons (Fsp3) is 0.435. The highest BCUT2D eigenvalue weighted by molar-refractivity contribution is 5.95. The molecule has 2 aromatic heterocycles. The Bertz CT molecular complexity index is 1120. The van der Waals surface area contributed by atoms with E-state index in [9.17, 15) is 18.0 Å². The summed E-state index contributed by atoms with van der Waals surface area (Å²) < 4.78 is 39.2. The molecule has 0 atom stereocenters. The fourth-order valence-corrected chi connectivity index (χ4v) is 4.07. The molecule has 170 valence electrons. The first-order valence-corrected chi connectivity index (χ1v) is 10.7. The number of imidazole rings is 1. The summed E-state index contributed by atoms with van der Waals surface area (Å²) in [5, 5.41) is 4.80. The van der Waals surface area contributed by atoms with Gasteiger partial charge in [-0.15, -0.1) is 0 Å². The van der Waals surface area contributed by atoms with Crippen LogP contribution in [0.1, 0.15) is 25.1 Å². The Kier molecular flexibility index (Phi) is 6.19. The van der Waals surface area contributed by atoms with Crippen molar-refractivity contribution < 1.29 is 18.0 Å². The molecule has 1 fully saturated rings. The summed E-state index contributed by atoms with van der Waals surface area (Å²) in [6, 6.07) is 7.90. The fourth-order valence-electron chi connectivity index (χ4n) is 4.07. The second-order valence-corrected chi connectivity index (χ2v) is 8.35. The molecule has 1 saturated heterocycles. The maximum absolute atomic E-state index is 12.7. The third-order valence-electron chi connectivity index (χ3n) is 6.16. The lowest BCUT2D eigenvalue weighted by atomic mass is 9.95. The highest BCUT2D eigenvalue weighted by Crippen LogP contribution is 2.27.